The Morgan fingerprint density at radius 3 is 2.44 bits per heavy atom. The third-order valence-corrected chi connectivity index (χ3v) is 5.00. The van der Waals surface area contributed by atoms with Crippen molar-refractivity contribution < 1.29 is 8.42 Å². The molecule has 0 fully saturated rings. The van der Waals surface area contributed by atoms with Gasteiger partial charge in [-0.15, -0.1) is 0 Å². The molecule has 0 aromatic carbocycles. The topological polar surface area (TPSA) is 72.2 Å². The average Bonchev–Trinajstić information content (AvgIpc) is 2.26. The lowest BCUT2D eigenvalue weighted by Crippen LogP contribution is -2.37. The van der Waals surface area contributed by atoms with Crippen molar-refractivity contribution in [3.05, 3.63) is 0 Å². The maximum Gasteiger partial charge on any atom is 0.215 e. The summed E-state index contributed by atoms with van der Waals surface area (Å²) in [5.41, 5.74) is 5.32. The standard InChI is InChI=1S/C10H24N2O2S2/c1-10(9-11)16(13,14)12-7-5-3-4-6-8-15-2/h10,12H,3-9,11H2,1-2H3. The molecule has 0 spiro atoms. The molecule has 0 saturated carbocycles. The zero-order valence-corrected chi connectivity index (χ0v) is 11.9. The third-order valence-electron chi connectivity index (χ3n) is 2.44. The molecule has 98 valence electrons. The quantitative estimate of drug-likeness (QED) is 0.584. The Hall–Kier alpha value is 0.220. The molecular formula is C10H24N2O2S2. The SMILES string of the molecule is CSCCCCCCNS(=O)(=O)C(C)CN. The van der Waals surface area contributed by atoms with Crippen molar-refractivity contribution in [2.75, 3.05) is 25.1 Å². The molecule has 3 N–H and O–H groups in total. The van der Waals surface area contributed by atoms with Crippen LogP contribution < -0.4 is 10.5 Å². The molecule has 0 aliphatic heterocycles. The van der Waals surface area contributed by atoms with Crippen molar-refractivity contribution in [3.63, 3.8) is 0 Å². The van der Waals surface area contributed by atoms with Crippen molar-refractivity contribution in [3.8, 4) is 0 Å². The number of sulfonamides is 1. The highest BCUT2D eigenvalue weighted by Gasteiger charge is 2.17. The first-order valence-electron chi connectivity index (χ1n) is 5.72. The van der Waals surface area contributed by atoms with Crippen LogP contribution in [0.5, 0.6) is 0 Å². The fraction of sp³-hybridized carbons (Fsp3) is 1.00. The zero-order chi connectivity index (χ0) is 12.4. The smallest absolute Gasteiger partial charge is 0.215 e. The first-order chi connectivity index (χ1) is 7.54. The van der Waals surface area contributed by atoms with E-state index in [0.717, 1.165) is 12.8 Å². The Bertz CT molecular complexity index is 256. The van der Waals surface area contributed by atoms with E-state index >= 15 is 0 Å². The minimum Gasteiger partial charge on any atom is -0.329 e. The summed E-state index contributed by atoms with van der Waals surface area (Å²) >= 11 is 1.85. The average molecular weight is 268 g/mol. The van der Waals surface area contributed by atoms with Gasteiger partial charge in [0.05, 0.1) is 5.25 Å². The first-order valence-corrected chi connectivity index (χ1v) is 8.66. The molecule has 1 atom stereocenters. The molecule has 1 unspecified atom stereocenters. The van der Waals surface area contributed by atoms with Crippen molar-refractivity contribution in [1.29, 1.82) is 0 Å². The third kappa shape index (κ3) is 7.49. The molecule has 0 radical (unpaired) electrons. The lowest BCUT2D eigenvalue weighted by molar-refractivity contribution is 0.562. The number of nitrogens with one attached hydrogen (secondary N) is 1. The van der Waals surface area contributed by atoms with E-state index in [1.54, 1.807) is 6.92 Å². The van der Waals surface area contributed by atoms with Crippen LogP contribution >= 0.6 is 11.8 Å². The summed E-state index contributed by atoms with van der Waals surface area (Å²) in [5, 5.41) is -0.496. The van der Waals surface area contributed by atoms with Gasteiger partial charge in [0.25, 0.3) is 0 Å². The van der Waals surface area contributed by atoms with Crippen LogP contribution in [0.2, 0.25) is 0 Å². The predicted molar refractivity (Wildman–Crippen MR) is 72.3 cm³/mol. The van der Waals surface area contributed by atoms with Gasteiger partial charge in [-0.25, -0.2) is 13.1 Å². The monoisotopic (exact) mass is 268 g/mol. The Morgan fingerprint density at radius 1 is 1.25 bits per heavy atom. The van der Waals surface area contributed by atoms with Crippen LogP contribution in [0.3, 0.4) is 0 Å². The number of hydrogen-bond acceptors (Lipinski definition) is 4. The molecule has 0 amide bonds. The van der Waals surface area contributed by atoms with Gasteiger partial charge in [0, 0.05) is 13.1 Å². The Morgan fingerprint density at radius 2 is 1.88 bits per heavy atom. The van der Waals surface area contributed by atoms with Gasteiger partial charge in [-0.1, -0.05) is 12.8 Å². The van der Waals surface area contributed by atoms with Crippen molar-refractivity contribution in [2.45, 2.75) is 37.9 Å². The largest absolute Gasteiger partial charge is 0.329 e. The van der Waals surface area contributed by atoms with E-state index in [-0.39, 0.29) is 6.54 Å². The summed E-state index contributed by atoms with van der Waals surface area (Å²) in [6, 6.07) is 0. The van der Waals surface area contributed by atoms with Crippen LogP contribution in [-0.4, -0.2) is 38.8 Å². The van der Waals surface area contributed by atoms with E-state index in [9.17, 15) is 8.42 Å². The highest BCUT2D eigenvalue weighted by molar-refractivity contribution is 7.98. The van der Waals surface area contributed by atoms with Crippen LogP contribution in [0.1, 0.15) is 32.6 Å². The first kappa shape index (κ1) is 16.2. The fourth-order valence-corrected chi connectivity index (χ4v) is 2.67. The molecule has 0 rings (SSSR count). The number of nitrogens with two attached hydrogens (primary N) is 1. The summed E-state index contributed by atoms with van der Waals surface area (Å²) < 4.78 is 25.6. The minimum atomic E-state index is -3.19. The van der Waals surface area contributed by atoms with Crippen LogP contribution in [0.4, 0.5) is 0 Å². The van der Waals surface area contributed by atoms with Gasteiger partial charge in [-0.3, -0.25) is 0 Å². The maximum absolute atomic E-state index is 11.5. The van der Waals surface area contributed by atoms with E-state index in [1.165, 1.54) is 18.6 Å². The van der Waals surface area contributed by atoms with Crippen molar-refractivity contribution in [2.24, 2.45) is 5.73 Å². The second-order valence-corrected chi connectivity index (χ2v) is 7.06. The Labute approximate surface area is 104 Å². The summed E-state index contributed by atoms with van der Waals surface area (Å²) in [6.07, 6.45) is 6.48. The Balaban J connectivity index is 3.51. The summed E-state index contributed by atoms with van der Waals surface area (Å²) in [6.45, 7) is 2.33. The second kappa shape index (κ2) is 9.27. The van der Waals surface area contributed by atoms with Gasteiger partial charge in [0.2, 0.25) is 10.0 Å². The molecule has 0 bridgehead atoms. The van der Waals surface area contributed by atoms with Crippen LogP contribution in [0, 0.1) is 0 Å². The van der Waals surface area contributed by atoms with Crippen LogP contribution in [0.15, 0.2) is 0 Å². The van der Waals surface area contributed by atoms with Gasteiger partial charge >= 0.3 is 0 Å². The molecule has 0 saturated heterocycles. The maximum atomic E-state index is 11.5. The van der Waals surface area contributed by atoms with Crippen LogP contribution in [-0.2, 0) is 10.0 Å². The molecule has 6 heteroatoms. The van der Waals surface area contributed by atoms with E-state index in [4.69, 9.17) is 5.73 Å². The highest BCUT2D eigenvalue weighted by Crippen LogP contribution is 2.04. The van der Waals surface area contributed by atoms with Gasteiger partial charge in [0.15, 0.2) is 0 Å². The lowest BCUT2D eigenvalue weighted by atomic mass is 10.2. The fourth-order valence-electron chi connectivity index (χ4n) is 1.21. The van der Waals surface area contributed by atoms with Crippen molar-refractivity contribution >= 4 is 21.8 Å². The lowest BCUT2D eigenvalue weighted by Gasteiger charge is -2.11. The number of unbranched alkanes of at least 4 members (excludes halogenated alkanes) is 3. The normalized spacial score (nSPS) is 13.9. The number of thioether (sulfide) groups is 1. The second-order valence-electron chi connectivity index (χ2n) is 3.89. The summed E-state index contributed by atoms with van der Waals surface area (Å²) in [5.74, 6) is 1.19. The molecule has 0 aromatic heterocycles. The predicted octanol–water partition coefficient (Wildman–Crippen LogP) is 1.18. The summed E-state index contributed by atoms with van der Waals surface area (Å²) in [4.78, 5) is 0. The molecule has 16 heavy (non-hydrogen) atoms. The Kier molecular flexibility index (Phi) is 9.40. The van der Waals surface area contributed by atoms with E-state index in [0.29, 0.717) is 6.54 Å². The van der Waals surface area contributed by atoms with Gasteiger partial charge in [-0.05, 0) is 31.8 Å². The van der Waals surface area contributed by atoms with Gasteiger partial charge < -0.3 is 5.73 Å². The molecule has 4 nitrogen and oxygen atoms in total. The molecule has 0 aliphatic carbocycles. The summed E-state index contributed by atoms with van der Waals surface area (Å²) in [7, 11) is -3.19. The highest BCUT2D eigenvalue weighted by atomic mass is 32.2. The molecular weight excluding hydrogens is 244 g/mol. The van der Waals surface area contributed by atoms with Gasteiger partial charge in [-0.2, -0.15) is 11.8 Å². The molecule has 0 heterocycles. The van der Waals surface area contributed by atoms with E-state index in [2.05, 4.69) is 11.0 Å². The van der Waals surface area contributed by atoms with Crippen LogP contribution in [0.25, 0.3) is 0 Å². The van der Waals surface area contributed by atoms with Gasteiger partial charge in [0.1, 0.15) is 0 Å². The molecule has 0 aliphatic rings. The minimum absolute atomic E-state index is 0.170. The number of hydrogen-bond donors (Lipinski definition) is 2. The number of rotatable bonds is 10. The van der Waals surface area contributed by atoms with E-state index in [1.807, 2.05) is 11.8 Å². The zero-order valence-electron chi connectivity index (χ0n) is 10.2. The van der Waals surface area contributed by atoms with E-state index < -0.39 is 15.3 Å². The van der Waals surface area contributed by atoms with Crippen molar-refractivity contribution in [1.82, 2.24) is 4.72 Å². The molecule has 0 aromatic rings.